The van der Waals surface area contributed by atoms with Gasteiger partial charge in [0.1, 0.15) is 0 Å². The molecule has 0 aromatic heterocycles. The highest BCUT2D eigenvalue weighted by atomic mass is 14.5. The zero-order chi connectivity index (χ0) is 21.5. The van der Waals surface area contributed by atoms with Crippen LogP contribution < -0.4 is 0 Å². The molecule has 5 aromatic rings. The van der Waals surface area contributed by atoms with E-state index in [0.717, 1.165) is 0 Å². The van der Waals surface area contributed by atoms with E-state index >= 15 is 0 Å². The molecule has 0 bridgehead atoms. The Balaban J connectivity index is 1.76. The summed E-state index contributed by atoms with van der Waals surface area (Å²) in [6.45, 7) is 2.42. The highest BCUT2D eigenvalue weighted by Gasteiger charge is 2.50. The van der Waals surface area contributed by atoms with Gasteiger partial charge in [-0.2, -0.15) is 0 Å². The van der Waals surface area contributed by atoms with Crippen molar-refractivity contribution in [3.8, 4) is 0 Å². The first-order valence-corrected chi connectivity index (χ1v) is 11.5. The Labute approximate surface area is 190 Å². The van der Waals surface area contributed by atoms with E-state index in [1.165, 1.54) is 38.6 Å². The van der Waals surface area contributed by atoms with Gasteiger partial charge in [-0.15, -0.1) is 0 Å². The van der Waals surface area contributed by atoms with Gasteiger partial charge in [0.2, 0.25) is 0 Å². The Morgan fingerprint density at radius 2 is 0.906 bits per heavy atom. The summed E-state index contributed by atoms with van der Waals surface area (Å²) in [5.74, 6) is 0.674. The summed E-state index contributed by atoms with van der Waals surface area (Å²) in [6, 6.07) is 47.0. The molecule has 0 saturated carbocycles. The fourth-order valence-corrected chi connectivity index (χ4v) is 6.24. The third-order valence-corrected chi connectivity index (χ3v) is 7.45. The summed E-state index contributed by atoms with van der Waals surface area (Å²) in [5.41, 5.74) is 6.67. The van der Waals surface area contributed by atoms with E-state index in [1.807, 2.05) is 0 Å². The van der Waals surface area contributed by atoms with E-state index in [4.69, 9.17) is 0 Å². The summed E-state index contributed by atoms with van der Waals surface area (Å²) < 4.78 is 0. The smallest absolute Gasteiger partial charge is 0.0525 e. The fraction of sp³-hybridized carbons (Fsp3) is 0.125. The van der Waals surface area contributed by atoms with Crippen LogP contribution in [0.2, 0.25) is 0 Å². The second-order valence-corrected chi connectivity index (χ2v) is 8.97. The van der Waals surface area contributed by atoms with Crippen molar-refractivity contribution in [3.05, 3.63) is 155 Å². The summed E-state index contributed by atoms with van der Waals surface area (Å²) >= 11 is 0. The molecule has 0 heteroatoms. The molecule has 0 heterocycles. The molecule has 0 saturated heterocycles. The Kier molecular flexibility index (Phi) is 4.47. The minimum absolute atomic E-state index is 0.288. The molecule has 6 rings (SSSR count). The molecule has 0 aliphatic heterocycles. The van der Waals surface area contributed by atoms with Crippen LogP contribution >= 0.6 is 0 Å². The van der Waals surface area contributed by atoms with Crippen molar-refractivity contribution in [2.24, 2.45) is 0 Å². The van der Waals surface area contributed by atoms with Gasteiger partial charge >= 0.3 is 0 Å². The zero-order valence-corrected chi connectivity index (χ0v) is 18.3. The molecule has 32 heavy (non-hydrogen) atoms. The Morgan fingerprint density at radius 3 is 1.38 bits per heavy atom. The highest BCUT2D eigenvalue weighted by Crippen LogP contribution is 2.60. The Bertz CT molecular complexity index is 1270. The molecule has 154 valence electrons. The Morgan fingerprint density at radius 1 is 0.469 bits per heavy atom. The average Bonchev–Trinajstić information content (AvgIpc) is 3.16. The van der Waals surface area contributed by atoms with Gasteiger partial charge in [-0.1, -0.05) is 134 Å². The van der Waals surface area contributed by atoms with Crippen molar-refractivity contribution in [2.75, 3.05) is 0 Å². The SMILES string of the molecule is CC1c2cccc3cccc(c23)C1C(c1ccccc1)(c1ccccc1)c1ccccc1. The van der Waals surface area contributed by atoms with Gasteiger partial charge in [-0.05, 0) is 44.5 Å². The molecule has 0 radical (unpaired) electrons. The lowest BCUT2D eigenvalue weighted by atomic mass is 9.58. The molecule has 0 amide bonds. The van der Waals surface area contributed by atoms with Gasteiger partial charge in [0.25, 0.3) is 0 Å². The maximum absolute atomic E-state index is 2.42. The minimum atomic E-state index is -0.295. The van der Waals surface area contributed by atoms with Gasteiger partial charge in [0.05, 0.1) is 5.41 Å². The number of rotatable bonds is 4. The van der Waals surface area contributed by atoms with Crippen molar-refractivity contribution >= 4 is 10.8 Å². The van der Waals surface area contributed by atoms with Gasteiger partial charge in [-0.3, -0.25) is 0 Å². The average molecular weight is 411 g/mol. The van der Waals surface area contributed by atoms with E-state index < -0.39 is 0 Å². The van der Waals surface area contributed by atoms with E-state index in [9.17, 15) is 0 Å². The van der Waals surface area contributed by atoms with Gasteiger partial charge in [0.15, 0.2) is 0 Å². The van der Waals surface area contributed by atoms with Gasteiger partial charge in [0, 0.05) is 5.92 Å². The summed E-state index contributed by atoms with van der Waals surface area (Å²) in [4.78, 5) is 0. The molecule has 1 aliphatic carbocycles. The molecule has 2 atom stereocenters. The van der Waals surface area contributed by atoms with E-state index in [2.05, 4.69) is 134 Å². The number of hydrogen-bond acceptors (Lipinski definition) is 0. The topological polar surface area (TPSA) is 0 Å². The van der Waals surface area contributed by atoms with Crippen molar-refractivity contribution in [1.82, 2.24) is 0 Å². The molecule has 0 N–H and O–H groups in total. The molecule has 1 aliphatic rings. The van der Waals surface area contributed by atoms with Crippen LogP contribution in [0.1, 0.15) is 46.6 Å². The molecule has 0 fully saturated rings. The normalized spacial score (nSPS) is 17.5. The molecule has 0 nitrogen and oxygen atoms in total. The number of hydrogen-bond donors (Lipinski definition) is 0. The fourth-order valence-electron chi connectivity index (χ4n) is 6.24. The van der Waals surface area contributed by atoms with Crippen LogP contribution in [-0.2, 0) is 5.41 Å². The van der Waals surface area contributed by atoms with Crippen LogP contribution in [0.3, 0.4) is 0 Å². The standard InChI is InChI=1S/C32H26/c1-23-28-21-11-13-24-14-12-22-29(30(24)28)31(23)32(25-15-5-2-6-16-25,26-17-7-3-8-18-26)27-19-9-4-10-20-27/h2-23,31H,1H3. The van der Waals surface area contributed by atoms with Crippen molar-refractivity contribution in [3.63, 3.8) is 0 Å². The lowest BCUT2D eigenvalue weighted by Gasteiger charge is -2.44. The van der Waals surface area contributed by atoms with Crippen molar-refractivity contribution in [2.45, 2.75) is 24.2 Å². The monoisotopic (exact) mass is 410 g/mol. The second-order valence-electron chi connectivity index (χ2n) is 8.97. The predicted octanol–water partition coefficient (Wildman–Crippen LogP) is 8.08. The first-order chi connectivity index (χ1) is 15.8. The maximum Gasteiger partial charge on any atom is 0.0525 e. The van der Waals surface area contributed by atoms with Crippen molar-refractivity contribution in [1.29, 1.82) is 0 Å². The Hall–Kier alpha value is -3.64. The molecular formula is C32H26. The lowest BCUT2D eigenvalue weighted by molar-refractivity contribution is 0.437. The minimum Gasteiger partial charge on any atom is -0.0622 e. The summed E-state index contributed by atoms with van der Waals surface area (Å²) in [7, 11) is 0. The predicted molar refractivity (Wildman–Crippen MR) is 134 cm³/mol. The molecular weight excluding hydrogens is 384 g/mol. The molecule has 0 spiro atoms. The second kappa shape index (κ2) is 7.50. The zero-order valence-electron chi connectivity index (χ0n) is 18.3. The largest absolute Gasteiger partial charge is 0.0622 e. The maximum atomic E-state index is 2.42. The van der Waals surface area contributed by atoms with Crippen LogP contribution in [0.15, 0.2) is 127 Å². The first kappa shape index (κ1) is 19.1. The van der Waals surface area contributed by atoms with E-state index in [0.29, 0.717) is 5.92 Å². The van der Waals surface area contributed by atoms with E-state index in [-0.39, 0.29) is 11.3 Å². The van der Waals surface area contributed by atoms with Crippen LogP contribution in [0.5, 0.6) is 0 Å². The summed E-state index contributed by atoms with van der Waals surface area (Å²) in [6.07, 6.45) is 0. The third-order valence-electron chi connectivity index (χ3n) is 7.45. The molecule has 5 aromatic carbocycles. The van der Waals surface area contributed by atoms with Gasteiger partial charge in [-0.25, -0.2) is 0 Å². The van der Waals surface area contributed by atoms with E-state index in [1.54, 1.807) is 0 Å². The van der Waals surface area contributed by atoms with Gasteiger partial charge < -0.3 is 0 Å². The third kappa shape index (κ3) is 2.63. The quantitative estimate of drug-likeness (QED) is 0.263. The lowest BCUT2D eigenvalue weighted by Crippen LogP contribution is -2.37. The van der Waals surface area contributed by atoms with Crippen LogP contribution in [0, 0.1) is 0 Å². The summed E-state index contributed by atoms with van der Waals surface area (Å²) in [5, 5.41) is 2.79. The van der Waals surface area contributed by atoms with Crippen LogP contribution in [0.25, 0.3) is 10.8 Å². The number of benzene rings is 5. The highest BCUT2D eigenvalue weighted by molar-refractivity contribution is 5.93. The van der Waals surface area contributed by atoms with Crippen LogP contribution in [-0.4, -0.2) is 0 Å². The van der Waals surface area contributed by atoms with Crippen molar-refractivity contribution < 1.29 is 0 Å². The molecule has 2 unspecified atom stereocenters. The first-order valence-electron chi connectivity index (χ1n) is 11.5. The van der Waals surface area contributed by atoms with Crippen LogP contribution in [0.4, 0.5) is 0 Å².